The lowest BCUT2D eigenvalue weighted by Crippen LogP contribution is -2.38. The predicted molar refractivity (Wildman–Crippen MR) is 97.9 cm³/mol. The van der Waals surface area contributed by atoms with Crippen LogP contribution in [0, 0.1) is 6.92 Å². The molecule has 0 unspecified atom stereocenters. The Morgan fingerprint density at radius 3 is 2.83 bits per heavy atom. The number of hydrogen-bond donors (Lipinski definition) is 1. The molecular formula is C17H21N5OS. The molecule has 1 aliphatic heterocycles. The van der Waals surface area contributed by atoms with Gasteiger partial charge in [-0.05, 0) is 19.1 Å². The van der Waals surface area contributed by atoms with Gasteiger partial charge in [0.1, 0.15) is 5.82 Å². The number of ether oxygens (including phenoxy) is 1. The third-order valence-corrected chi connectivity index (χ3v) is 5.33. The highest BCUT2D eigenvalue weighted by Gasteiger charge is 2.21. The Bertz CT molecular complexity index is 817. The fourth-order valence-corrected chi connectivity index (χ4v) is 4.04. The zero-order valence-corrected chi connectivity index (χ0v) is 14.8. The number of hydrogen-bond acceptors (Lipinski definition) is 6. The van der Waals surface area contributed by atoms with Gasteiger partial charge >= 0.3 is 0 Å². The van der Waals surface area contributed by atoms with Crippen molar-refractivity contribution in [2.24, 2.45) is 7.05 Å². The molecule has 3 aromatic rings. The largest absolute Gasteiger partial charge is 0.378 e. The van der Waals surface area contributed by atoms with Gasteiger partial charge in [0.05, 0.1) is 29.1 Å². The van der Waals surface area contributed by atoms with Crippen molar-refractivity contribution in [3.05, 3.63) is 35.5 Å². The summed E-state index contributed by atoms with van der Waals surface area (Å²) in [6.07, 6.45) is 0. The van der Waals surface area contributed by atoms with Crippen molar-refractivity contribution in [2.75, 3.05) is 36.5 Å². The zero-order valence-electron chi connectivity index (χ0n) is 14.0. The topological polar surface area (TPSA) is 55.2 Å². The fraction of sp³-hybridized carbons (Fsp3) is 0.412. The lowest BCUT2D eigenvalue weighted by molar-refractivity contribution is 0.122. The molecule has 3 heterocycles. The molecule has 7 heteroatoms. The van der Waals surface area contributed by atoms with Crippen LogP contribution < -0.4 is 10.2 Å². The second-order valence-electron chi connectivity index (χ2n) is 5.95. The van der Waals surface area contributed by atoms with Crippen molar-refractivity contribution in [1.29, 1.82) is 0 Å². The van der Waals surface area contributed by atoms with E-state index in [0.717, 1.165) is 49.2 Å². The number of nitrogens with one attached hydrogen (secondary N) is 1. The van der Waals surface area contributed by atoms with Gasteiger partial charge in [-0.2, -0.15) is 5.10 Å². The van der Waals surface area contributed by atoms with Gasteiger partial charge in [0.2, 0.25) is 0 Å². The van der Waals surface area contributed by atoms with E-state index in [9.17, 15) is 0 Å². The fourth-order valence-electron chi connectivity index (χ4n) is 3.18. The molecule has 1 saturated heterocycles. The van der Waals surface area contributed by atoms with Crippen molar-refractivity contribution in [1.82, 2.24) is 14.8 Å². The summed E-state index contributed by atoms with van der Waals surface area (Å²) < 4.78 is 8.66. The van der Waals surface area contributed by atoms with E-state index in [1.54, 1.807) is 11.3 Å². The number of morpholine rings is 1. The van der Waals surface area contributed by atoms with Gasteiger partial charge in [-0.15, -0.1) is 0 Å². The summed E-state index contributed by atoms with van der Waals surface area (Å²) in [4.78, 5) is 7.01. The maximum absolute atomic E-state index is 5.48. The first-order valence-corrected chi connectivity index (χ1v) is 8.98. The molecule has 126 valence electrons. The van der Waals surface area contributed by atoms with Crippen molar-refractivity contribution >= 4 is 32.5 Å². The van der Waals surface area contributed by atoms with Crippen LogP contribution in [0.4, 0.5) is 10.9 Å². The summed E-state index contributed by atoms with van der Waals surface area (Å²) in [6, 6.07) is 8.22. The van der Waals surface area contributed by atoms with Crippen LogP contribution in [-0.2, 0) is 18.3 Å². The van der Waals surface area contributed by atoms with E-state index in [-0.39, 0.29) is 0 Å². The van der Waals surface area contributed by atoms with Gasteiger partial charge in [0.25, 0.3) is 0 Å². The molecule has 0 atom stereocenters. The van der Waals surface area contributed by atoms with Crippen LogP contribution in [0.25, 0.3) is 10.2 Å². The summed E-state index contributed by atoms with van der Waals surface area (Å²) >= 11 is 1.69. The van der Waals surface area contributed by atoms with Crippen LogP contribution in [0.2, 0.25) is 0 Å². The van der Waals surface area contributed by atoms with Gasteiger partial charge < -0.3 is 15.0 Å². The van der Waals surface area contributed by atoms with Crippen LogP contribution in [0.5, 0.6) is 0 Å². The first-order valence-electron chi connectivity index (χ1n) is 8.17. The number of aromatic nitrogens is 3. The smallest absolute Gasteiger partial charge is 0.184 e. The van der Waals surface area contributed by atoms with Crippen LogP contribution in [0.15, 0.2) is 24.3 Å². The minimum absolute atomic E-state index is 0.728. The molecule has 2 aromatic heterocycles. The van der Waals surface area contributed by atoms with Gasteiger partial charge in [-0.1, -0.05) is 23.5 Å². The molecule has 24 heavy (non-hydrogen) atoms. The maximum Gasteiger partial charge on any atom is 0.184 e. The number of nitrogens with zero attached hydrogens (tertiary/aromatic N) is 4. The van der Waals surface area contributed by atoms with Gasteiger partial charge in [-0.25, -0.2) is 4.98 Å². The lowest BCUT2D eigenvalue weighted by Gasteiger charge is -2.29. The standard InChI is InChI=1S/C17H21N5OS/c1-12-13(16(21(2)20-12)22-7-9-23-10-8-22)11-18-17-19-14-5-3-4-6-15(14)24-17/h3-6H,7-11H2,1-2H3,(H,18,19). The second-order valence-corrected chi connectivity index (χ2v) is 6.98. The van der Waals surface area contributed by atoms with E-state index < -0.39 is 0 Å². The number of aryl methyl sites for hydroxylation is 2. The van der Waals surface area contributed by atoms with Crippen molar-refractivity contribution < 1.29 is 4.74 Å². The van der Waals surface area contributed by atoms with Crippen LogP contribution >= 0.6 is 11.3 Å². The summed E-state index contributed by atoms with van der Waals surface area (Å²) in [5, 5.41) is 9.05. The lowest BCUT2D eigenvalue weighted by atomic mass is 10.2. The summed E-state index contributed by atoms with van der Waals surface area (Å²) in [5.74, 6) is 1.18. The number of rotatable bonds is 4. The minimum atomic E-state index is 0.728. The average molecular weight is 343 g/mol. The molecular weight excluding hydrogens is 322 g/mol. The van der Waals surface area contributed by atoms with Crippen LogP contribution in [-0.4, -0.2) is 41.1 Å². The Kier molecular flexibility index (Phi) is 4.12. The number of fused-ring (bicyclic) bond motifs is 1. The second kappa shape index (κ2) is 6.41. The Morgan fingerprint density at radius 2 is 2.04 bits per heavy atom. The third kappa shape index (κ3) is 2.85. The number of benzene rings is 1. The third-order valence-electron chi connectivity index (χ3n) is 4.33. The predicted octanol–water partition coefficient (Wildman–Crippen LogP) is 2.79. The molecule has 6 nitrogen and oxygen atoms in total. The van der Waals surface area contributed by atoms with E-state index in [0.29, 0.717) is 0 Å². The monoisotopic (exact) mass is 343 g/mol. The highest BCUT2D eigenvalue weighted by atomic mass is 32.1. The number of anilines is 2. The molecule has 1 aliphatic rings. The first kappa shape index (κ1) is 15.4. The summed E-state index contributed by atoms with van der Waals surface area (Å²) in [6.45, 7) is 6.16. The van der Waals surface area contributed by atoms with Gasteiger partial charge in [0.15, 0.2) is 5.13 Å². The molecule has 1 aromatic carbocycles. The molecule has 1 fully saturated rings. The van der Waals surface area contributed by atoms with Crippen LogP contribution in [0.3, 0.4) is 0 Å². The highest BCUT2D eigenvalue weighted by Crippen LogP contribution is 2.28. The number of thiazole rings is 1. The number of para-hydroxylation sites is 1. The zero-order chi connectivity index (χ0) is 16.5. The Labute approximate surface area is 145 Å². The normalized spacial score (nSPS) is 15.2. The Hall–Kier alpha value is -2.12. The summed E-state index contributed by atoms with van der Waals surface area (Å²) in [5.41, 5.74) is 3.34. The first-order chi connectivity index (χ1) is 11.7. The molecule has 0 saturated carbocycles. The molecule has 4 rings (SSSR count). The van der Waals surface area contributed by atoms with E-state index in [1.165, 1.54) is 16.1 Å². The van der Waals surface area contributed by atoms with E-state index in [4.69, 9.17) is 4.74 Å². The van der Waals surface area contributed by atoms with Gasteiger partial charge in [-0.3, -0.25) is 4.68 Å². The van der Waals surface area contributed by atoms with Crippen molar-refractivity contribution in [2.45, 2.75) is 13.5 Å². The highest BCUT2D eigenvalue weighted by molar-refractivity contribution is 7.22. The Balaban J connectivity index is 1.57. The van der Waals surface area contributed by atoms with E-state index in [1.807, 2.05) is 29.9 Å². The Morgan fingerprint density at radius 1 is 1.25 bits per heavy atom. The van der Waals surface area contributed by atoms with Crippen molar-refractivity contribution in [3.8, 4) is 0 Å². The molecule has 0 bridgehead atoms. The van der Waals surface area contributed by atoms with Crippen molar-refractivity contribution in [3.63, 3.8) is 0 Å². The van der Waals surface area contributed by atoms with E-state index in [2.05, 4.69) is 33.3 Å². The molecule has 0 amide bonds. The summed E-state index contributed by atoms with van der Waals surface area (Å²) in [7, 11) is 2.01. The van der Waals surface area contributed by atoms with Gasteiger partial charge in [0, 0.05) is 32.2 Å². The SMILES string of the molecule is Cc1nn(C)c(N2CCOCC2)c1CNc1nc2ccccc2s1. The van der Waals surface area contributed by atoms with Crippen LogP contribution in [0.1, 0.15) is 11.3 Å². The molecule has 0 radical (unpaired) electrons. The van der Waals surface area contributed by atoms with E-state index >= 15 is 0 Å². The quantitative estimate of drug-likeness (QED) is 0.789. The molecule has 0 aliphatic carbocycles. The maximum atomic E-state index is 5.48. The average Bonchev–Trinajstić information content (AvgIpc) is 3.13. The molecule has 1 N–H and O–H groups in total. The minimum Gasteiger partial charge on any atom is -0.378 e. The molecule has 0 spiro atoms.